The van der Waals surface area contributed by atoms with E-state index in [0.29, 0.717) is 32.3 Å². The monoisotopic (exact) mass is 402 g/mol. The highest BCUT2D eigenvalue weighted by atomic mass is 16.5. The molecule has 29 heavy (non-hydrogen) atoms. The fourth-order valence-electron chi connectivity index (χ4n) is 4.35. The van der Waals surface area contributed by atoms with Crippen molar-refractivity contribution < 1.29 is 14.6 Å². The maximum Gasteiger partial charge on any atom is 0.308 e. The second kappa shape index (κ2) is 13.1. The molecule has 0 bridgehead atoms. The fraction of sp³-hybridized carbons (Fsp3) is 0.731. The summed E-state index contributed by atoms with van der Waals surface area (Å²) in [7, 11) is 0. The van der Waals surface area contributed by atoms with Gasteiger partial charge in [0, 0.05) is 0 Å². The molecule has 0 heterocycles. The number of hydrogen-bond acceptors (Lipinski definition) is 3. The molecule has 0 saturated heterocycles. The Labute approximate surface area is 178 Å². The highest BCUT2D eigenvalue weighted by Crippen LogP contribution is 2.40. The number of benzene rings is 1. The van der Waals surface area contributed by atoms with E-state index < -0.39 is 5.60 Å². The third-order valence-electron chi connectivity index (χ3n) is 6.45. The SMILES string of the molecule is CCCCCCCCOC(=O)C1CCC(O)(c2ccc(CCCCC)cc2)CC1. The minimum atomic E-state index is -0.794. The lowest BCUT2D eigenvalue weighted by Crippen LogP contribution is -2.34. The average Bonchev–Trinajstić information content (AvgIpc) is 2.74. The molecular formula is C26H42O3. The predicted molar refractivity (Wildman–Crippen MR) is 120 cm³/mol. The molecule has 2 rings (SSSR count). The zero-order valence-corrected chi connectivity index (χ0v) is 18.8. The average molecular weight is 403 g/mol. The maximum absolute atomic E-state index is 12.3. The van der Waals surface area contributed by atoms with Crippen LogP contribution in [-0.2, 0) is 21.6 Å². The van der Waals surface area contributed by atoms with Crippen molar-refractivity contribution in [3.63, 3.8) is 0 Å². The summed E-state index contributed by atoms with van der Waals surface area (Å²) in [5.74, 6) is -0.115. The van der Waals surface area contributed by atoms with Crippen molar-refractivity contribution in [2.75, 3.05) is 6.61 Å². The molecule has 0 aromatic heterocycles. The summed E-state index contributed by atoms with van der Waals surface area (Å²) in [5.41, 5.74) is 1.55. The van der Waals surface area contributed by atoms with Crippen LogP contribution < -0.4 is 0 Å². The lowest BCUT2D eigenvalue weighted by molar-refractivity contribution is -0.152. The molecule has 0 spiro atoms. The molecule has 3 nitrogen and oxygen atoms in total. The van der Waals surface area contributed by atoms with Gasteiger partial charge in [0.2, 0.25) is 0 Å². The minimum absolute atomic E-state index is 0.0521. The van der Waals surface area contributed by atoms with Crippen LogP contribution in [0, 0.1) is 5.92 Å². The van der Waals surface area contributed by atoms with Crippen molar-refractivity contribution >= 4 is 5.97 Å². The number of esters is 1. The van der Waals surface area contributed by atoms with E-state index in [1.165, 1.54) is 50.5 Å². The first-order chi connectivity index (χ1) is 14.1. The molecule has 0 amide bonds. The largest absolute Gasteiger partial charge is 0.465 e. The lowest BCUT2D eigenvalue weighted by atomic mass is 9.75. The Bertz CT molecular complexity index is 570. The van der Waals surface area contributed by atoms with Gasteiger partial charge >= 0.3 is 5.97 Å². The summed E-state index contributed by atoms with van der Waals surface area (Å²) in [5, 5.41) is 11.1. The van der Waals surface area contributed by atoms with Gasteiger partial charge in [0.25, 0.3) is 0 Å². The Kier molecular flexibility index (Phi) is 10.8. The van der Waals surface area contributed by atoms with Crippen molar-refractivity contribution in [1.29, 1.82) is 0 Å². The van der Waals surface area contributed by atoms with Crippen LogP contribution >= 0.6 is 0 Å². The van der Waals surface area contributed by atoms with E-state index in [1.807, 2.05) is 0 Å². The van der Waals surface area contributed by atoms with Crippen LogP contribution in [0.5, 0.6) is 0 Å². The van der Waals surface area contributed by atoms with Gasteiger partial charge in [-0.25, -0.2) is 0 Å². The van der Waals surface area contributed by atoms with Crippen LogP contribution in [0.3, 0.4) is 0 Å². The molecule has 0 atom stereocenters. The van der Waals surface area contributed by atoms with Crippen LogP contribution in [0.1, 0.15) is 108 Å². The van der Waals surface area contributed by atoms with Crippen molar-refractivity contribution in [2.45, 2.75) is 109 Å². The van der Waals surface area contributed by atoms with Gasteiger partial charge in [-0.05, 0) is 56.1 Å². The van der Waals surface area contributed by atoms with Gasteiger partial charge in [0.15, 0.2) is 0 Å². The molecule has 1 aliphatic carbocycles. The van der Waals surface area contributed by atoms with E-state index in [0.717, 1.165) is 24.8 Å². The quantitative estimate of drug-likeness (QED) is 0.295. The number of aryl methyl sites for hydroxylation is 1. The van der Waals surface area contributed by atoms with Crippen LogP contribution in [0.15, 0.2) is 24.3 Å². The molecule has 0 radical (unpaired) electrons. The Morgan fingerprint density at radius 3 is 2.17 bits per heavy atom. The number of aliphatic hydroxyl groups is 1. The third-order valence-corrected chi connectivity index (χ3v) is 6.45. The van der Waals surface area contributed by atoms with Gasteiger partial charge in [0.1, 0.15) is 0 Å². The Hall–Kier alpha value is -1.35. The Balaban J connectivity index is 1.70. The number of unbranched alkanes of at least 4 members (excludes halogenated alkanes) is 7. The first-order valence-electron chi connectivity index (χ1n) is 12.1. The van der Waals surface area contributed by atoms with Gasteiger partial charge < -0.3 is 9.84 Å². The number of rotatable bonds is 13. The summed E-state index contributed by atoms with van der Waals surface area (Å²) < 4.78 is 5.50. The number of hydrogen-bond donors (Lipinski definition) is 1. The van der Waals surface area contributed by atoms with Crippen LogP contribution in [0.4, 0.5) is 0 Å². The first-order valence-corrected chi connectivity index (χ1v) is 12.1. The molecule has 1 aromatic carbocycles. The lowest BCUT2D eigenvalue weighted by Gasteiger charge is -2.35. The summed E-state index contributed by atoms with van der Waals surface area (Å²) >= 11 is 0. The smallest absolute Gasteiger partial charge is 0.308 e. The molecule has 0 unspecified atom stereocenters. The molecule has 164 valence electrons. The van der Waals surface area contributed by atoms with Gasteiger partial charge in [-0.3, -0.25) is 4.79 Å². The third kappa shape index (κ3) is 8.12. The molecular weight excluding hydrogens is 360 g/mol. The zero-order valence-electron chi connectivity index (χ0n) is 18.8. The summed E-state index contributed by atoms with van der Waals surface area (Å²) in [4.78, 5) is 12.3. The Morgan fingerprint density at radius 1 is 0.931 bits per heavy atom. The molecule has 1 fully saturated rings. The van der Waals surface area contributed by atoms with E-state index in [4.69, 9.17) is 4.74 Å². The summed E-state index contributed by atoms with van der Waals surface area (Å²) in [6.45, 7) is 4.99. The van der Waals surface area contributed by atoms with Gasteiger partial charge in [-0.2, -0.15) is 0 Å². The van der Waals surface area contributed by atoms with E-state index in [-0.39, 0.29) is 11.9 Å². The second-order valence-corrected chi connectivity index (χ2v) is 8.90. The molecule has 0 aliphatic heterocycles. The van der Waals surface area contributed by atoms with Crippen molar-refractivity contribution in [3.05, 3.63) is 35.4 Å². The van der Waals surface area contributed by atoms with E-state index in [1.54, 1.807) is 0 Å². The molecule has 3 heteroatoms. The summed E-state index contributed by atoms with van der Waals surface area (Å²) in [6.07, 6.45) is 14.7. The fourth-order valence-corrected chi connectivity index (χ4v) is 4.35. The van der Waals surface area contributed by atoms with Crippen molar-refractivity contribution in [3.8, 4) is 0 Å². The molecule has 1 N–H and O–H groups in total. The van der Waals surface area contributed by atoms with E-state index in [9.17, 15) is 9.90 Å². The topological polar surface area (TPSA) is 46.5 Å². The van der Waals surface area contributed by atoms with Crippen LogP contribution in [-0.4, -0.2) is 17.7 Å². The number of ether oxygens (including phenoxy) is 1. The zero-order chi connectivity index (χ0) is 21.0. The number of carbonyl (C=O) groups is 1. The second-order valence-electron chi connectivity index (χ2n) is 8.90. The number of carbonyl (C=O) groups excluding carboxylic acids is 1. The van der Waals surface area contributed by atoms with Crippen molar-refractivity contribution in [2.24, 2.45) is 5.92 Å². The minimum Gasteiger partial charge on any atom is -0.465 e. The van der Waals surface area contributed by atoms with E-state index in [2.05, 4.69) is 38.1 Å². The van der Waals surface area contributed by atoms with Crippen LogP contribution in [0.25, 0.3) is 0 Å². The predicted octanol–water partition coefficient (Wildman–Crippen LogP) is 6.70. The molecule has 1 saturated carbocycles. The molecule has 1 aliphatic rings. The highest BCUT2D eigenvalue weighted by molar-refractivity contribution is 5.72. The maximum atomic E-state index is 12.3. The Morgan fingerprint density at radius 2 is 1.52 bits per heavy atom. The standard InChI is InChI=1S/C26H42O3/c1-3-5-7-8-9-11-21-29-25(27)23-17-19-26(28,20-18-23)24-15-13-22(14-16-24)12-10-6-4-2/h13-16,23,28H,3-12,17-21H2,1-2H3. The van der Waals surface area contributed by atoms with Gasteiger partial charge in [-0.15, -0.1) is 0 Å². The van der Waals surface area contributed by atoms with E-state index >= 15 is 0 Å². The van der Waals surface area contributed by atoms with Crippen molar-refractivity contribution in [1.82, 2.24) is 0 Å². The molecule has 1 aromatic rings. The van der Waals surface area contributed by atoms with Crippen LogP contribution in [0.2, 0.25) is 0 Å². The highest BCUT2D eigenvalue weighted by Gasteiger charge is 2.37. The first kappa shape index (κ1) is 23.9. The van der Waals surface area contributed by atoms with Gasteiger partial charge in [0.05, 0.1) is 18.1 Å². The normalized spacial score (nSPS) is 21.8. The van der Waals surface area contributed by atoms with Gasteiger partial charge in [-0.1, -0.05) is 83.1 Å². The summed E-state index contributed by atoms with van der Waals surface area (Å²) in [6, 6.07) is 8.48.